The first-order valence-electron chi connectivity index (χ1n) is 4.41. The Hall–Kier alpha value is -0.940. The van der Waals surface area contributed by atoms with E-state index >= 15 is 0 Å². The van der Waals surface area contributed by atoms with Gasteiger partial charge in [0, 0.05) is 19.0 Å². The van der Waals surface area contributed by atoms with Crippen LogP contribution in [0.3, 0.4) is 0 Å². The minimum Gasteiger partial charge on any atom is -0.393 e. The molecule has 72 valence electrons. The van der Waals surface area contributed by atoms with Crippen molar-refractivity contribution in [2.45, 2.75) is 24.4 Å². The van der Waals surface area contributed by atoms with Crippen LogP contribution in [0.15, 0.2) is 6.20 Å². The average Bonchev–Trinajstić information content (AvgIpc) is 2.46. The van der Waals surface area contributed by atoms with Crippen LogP contribution in [0.25, 0.3) is 0 Å². The third-order valence-corrected chi connectivity index (χ3v) is 2.90. The summed E-state index contributed by atoms with van der Waals surface area (Å²) >= 11 is 0. The predicted molar refractivity (Wildman–Crippen MR) is 47.0 cm³/mol. The van der Waals surface area contributed by atoms with Gasteiger partial charge in [-0.05, 0) is 12.8 Å². The van der Waals surface area contributed by atoms with Crippen molar-refractivity contribution < 1.29 is 5.11 Å². The summed E-state index contributed by atoms with van der Waals surface area (Å²) in [5.74, 6) is 0. The van der Waals surface area contributed by atoms with Gasteiger partial charge in [0.2, 0.25) is 0 Å². The van der Waals surface area contributed by atoms with Gasteiger partial charge in [0.15, 0.2) is 0 Å². The van der Waals surface area contributed by atoms with Crippen molar-refractivity contribution in [2.75, 3.05) is 6.54 Å². The molecular weight excluding hydrogens is 168 g/mol. The second-order valence-electron chi connectivity index (χ2n) is 3.79. The standard InChI is InChI=1S/C8H14N4O/c1-12-7(4-10-11-12)8(5-9)2-6(13)3-8/h4,6,13H,2-3,5,9H2,1H3. The van der Waals surface area contributed by atoms with Gasteiger partial charge in [-0.2, -0.15) is 0 Å². The van der Waals surface area contributed by atoms with Gasteiger partial charge in [0.1, 0.15) is 0 Å². The van der Waals surface area contributed by atoms with Crippen LogP contribution in [0.2, 0.25) is 0 Å². The minimum atomic E-state index is -0.210. The summed E-state index contributed by atoms with van der Waals surface area (Å²) < 4.78 is 1.73. The Morgan fingerprint density at radius 2 is 2.46 bits per heavy atom. The van der Waals surface area contributed by atoms with E-state index in [9.17, 15) is 5.11 Å². The maximum atomic E-state index is 9.30. The first kappa shape index (κ1) is 8.65. The van der Waals surface area contributed by atoms with E-state index in [1.165, 1.54) is 0 Å². The Balaban J connectivity index is 2.28. The van der Waals surface area contributed by atoms with E-state index in [1.54, 1.807) is 10.9 Å². The van der Waals surface area contributed by atoms with E-state index in [-0.39, 0.29) is 11.5 Å². The van der Waals surface area contributed by atoms with Crippen LogP contribution in [-0.2, 0) is 12.5 Å². The van der Waals surface area contributed by atoms with E-state index in [0.29, 0.717) is 6.54 Å². The number of aliphatic hydroxyl groups is 1. The van der Waals surface area contributed by atoms with Crippen LogP contribution in [-0.4, -0.2) is 32.7 Å². The number of nitrogens with zero attached hydrogens (tertiary/aromatic N) is 3. The maximum Gasteiger partial charge on any atom is 0.0731 e. The van der Waals surface area contributed by atoms with E-state index in [2.05, 4.69) is 10.3 Å². The summed E-state index contributed by atoms with van der Waals surface area (Å²) in [5.41, 5.74) is 6.65. The number of hydrogen-bond acceptors (Lipinski definition) is 4. The molecule has 0 unspecified atom stereocenters. The van der Waals surface area contributed by atoms with Crippen LogP contribution < -0.4 is 5.73 Å². The van der Waals surface area contributed by atoms with Crippen molar-refractivity contribution in [3.8, 4) is 0 Å². The molecule has 1 aromatic heterocycles. The quantitative estimate of drug-likeness (QED) is 0.625. The van der Waals surface area contributed by atoms with Crippen molar-refractivity contribution >= 4 is 0 Å². The van der Waals surface area contributed by atoms with Crippen molar-refractivity contribution in [1.29, 1.82) is 0 Å². The summed E-state index contributed by atoms with van der Waals surface area (Å²) in [5, 5.41) is 17.0. The average molecular weight is 182 g/mol. The van der Waals surface area contributed by atoms with Gasteiger partial charge in [-0.25, -0.2) is 0 Å². The van der Waals surface area contributed by atoms with E-state index in [4.69, 9.17) is 5.73 Å². The lowest BCUT2D eigenvalue weighted by atomic mass is 9.65. The van der Waals surface area contributed by atoms with E-state index < -0.39 is 0 Å². The van der Waals surface area contributed by atoms with Gasteiger partial charge >= 0.3 is 0 Å². The van der Waals surface area contributed by atoms with Gasteiger partial charge in [0.25, 0.3) is 0 Å². The third kappa shape index (κ3) is 1.15. The number of aliphatic hydroxyl groups excluding tert-OH is 1. The van der Waals surface area contributed by atoms with Gasteiger partial charge < -0.3 is 10.8 Å². The molecule has 1 aliphatic carbocycles. The molecule has 5 heteroatoms. The number of rotatable bonds is 2. The lowest BCUT2D eigenvalue weighted by Crippen LogP contribution is -2.50. The summed E-state index contributed by atoms with van der Waals surface area (Å²) in [6, 6.07) is 0. The number of hydrogen-bond donors (Lipinski definition) is 2. The molecule has 5 nitrogen and oxygen atoms in total. The molecule has 0 radical (unpaired) electrons. The summed E-state index contributed by atoms with van der Waals surface area (Å²) in [4.78, 5) is 0. The van der Waals surface area contributed by atoms with Crippen LogP contribution in [0, 0.1) is 0 Å². The topological polar surface area (TPSA) is 77.0 Å². The molecule has 0 amide bonds. The highest BCUT2D eigenvalue weighted by atomic mass is 16.3. The van der Waals surface area contributed by atoms with Crippen LogP contribution in [0.1, 0.15) is 18.5 Å². The van der Waals surface area contributed by atoms with Crippen LogP contribution >= 0.6 is 0 Å². The molecule has 1 aliphatic rings. The molecule has 0 aromatic carbocycles. The second kappa shape index (κ2) is 2.78. The van der Waals surface area contributed by atoms with Crippen molar-refractivity contribution in [2.24, 2.45) is 12.8 Å². The highest BCUT2D eigenvalue weighted by Gasteiger charge is 2.45. The largest absolute Gasteiger partial charge is 0.393 e. The predicted octanol–water partition coefficient (Wildman–Crippen LogP) is -0.834. The first-order valence-corrected chi connectivity index (χ1v) is 4.41. The maximum absolute atomic E-state index is 9.30. The van der Waals surface area contributed by atoms with E-state index in [1.807, 2.05) is 7.05 Å². The summed E-state index contributed by atoms with van der Waals surface area (Å²) in [6.45, 7) is 0.547. The fourth-order valence-corrected chi connectivity index (χ4v) is 2.09. The van der Waals surface area contributed by atoms with Gasteiger partial charge in [-0.1, -0.05) is 5.21 Å². The Morgan fingerprint density at radius 1 is 1.77 bits per heavy atom. The lowest BCUT2D eigenvalue weighted by molar-refractivity contribution is 0.0183. The van der Waals surface area contributed by atoms with Gasteiger partial charge in [-0.15, -0.1) is 5.10 Å². The zero-order valence-corrected chi connectivity index (χ0v) is 7.64. The van der Waals surface area contributed by atoms with Crippen molar-refractivity contribution in [3.63, 3.8) is 0 Å². The molecule has 2 rings (SSSR count). The third-order valence-electron chi connectivity index (χ3n) is 2.90. The second-order valence-corrected chi connectivity index (χ2v) is 3.79. The molecule has 3 N–H and O–H groups in total. The Bertz CT molecular complexity index is 303. The molecule has 1 saturated carbocycles. The van der Waals surface area contributed by atoms with Crippen molar-refractivity contribution in [3.05, 3.63) is 11.9 Å². The smallest absolute Gasteiger partial charge is 0.0731 e. The zero-order chi connectivity index (χ0) is 9.47. The molecule has 1 aromatic rings. The molecule has 0 saturated heterocycles. The Morgan fingerprint density at radius 3 is 2.85 bits per heavy atom. The fourth-order valence-electron chi connectivity index (χ4n) is 2.09. The van der Waals surface area contributed by atoms with Gasteiger partial charge in [-0.3, -0.25) is 4.68 Å². The lowest BCUT2D eigenvalue weighted by Gasteiger charge is -2.44. The summed E-state index contributed by atoms with van der Waals surface area (Å²) in [7, 11) is 1.85. The minimum absolute atomic E-state index is 0.0856. The molecule has 0 spiro atoms. The molecule has 0 bridgehead atoms. The number of aryl methyl sites for hydroxylation is 1. The SMILES string of the molecule is Cn1nncc1C1(CN)CC(O)C1. The molecule has 13 heavy (non-hydrogen) atoms. The van der Waals surface area contributed by atoms with Crippen LogP contribution in [0.4, 0.5) is 0 Å². The molecular formula is C8H14N4O. The highest BCUT2D eigenvalue weighted by molar-refractivity contribution is 5.20. The summed E-state index contributed by atoms with van der Waals surface area (Å²) in [6.07, 6.45) is 2.98. The fraction of sp³-hybridized carbons (Fsp3) is 0.750. The number of aromatic nitrogens is 3. The monoisotopic (exact) mass is 182 g/mol. The Labute approximate surface area is 76.5 Å². The number of nitrogens with two attached hydrogens (primary N) is 1. The molecule has 1 fully saturated rings. The normalized spacial score (nSPS) is 33.0. The van der Waals surface area contributed by atoms with E-state index in [0.717, 1.165) is 18.5 Å². The molecule has 0 aliphatic heterocycles. The zero-order valence-electron chi connectivity index (χ0n) is 7.64. The first-order chi connectivity index (χ1) is 6.18. The van der Waals surface area contributed by atoms with Crippen molar-refractivity contribution in [1.82, 2.24) is 15.0 Å². The Kier molecular flexibility index (Phi) is 1.85. The van der Waals surface area contributed by atoms with Crippen LogP contribution in [0.5, 0.6) is 0 Å². The van der Waals surface area contributed by atoms with Gasteiger partial charge in [0.05, 0.1) is 18.0 Å². The highest BCUT2D eigenvalue weighted by Crippen LogP contribution is 2.42. The molecule has 0 atom stereocenters. The molecule has 1 heterocycles.